The van der Waals surface area contributed by atoms with Gasteiger partial charge in [0.05, 0.1) is 5.69 Å². The smallest absolute Gasteiger partial charge is 0.231 e. The maximum absolute atomic E-state index is 6.02. The predicted octanol–water partition coefficient (Wildman–Crippen LogP) is 2.05. The molecule has 0 bridgehead atoms. The van der Waals surface area contributed by atoms with E-state index in [0.29, 0.717) is 28.0 Å². The number of hydrogen-bond acceptors (Lipinski definition) is 4. The number of anilines is 1. The number of nitrogen functional groups attached to an aromatic ring is 1. The molecule has 0 aliphatic carbocycles. The van der Waals surface area contributed by atoms with E-state index in [9.17, 15) is 0 Å². The molecule has 0 spiro atoms. The van der Waals surface area contributed by atoms with E-state index in [0.717, 1.165) is 5.56 Å². The Kier molecular flexibility index (Phi) is 2.16. The highest BCUT2D eigenvalue weighted by Crippen LogP contribution is 2.43. The fourth-order valence-electron chi connectivity index (χ4n) is 1.78. The standard InChI is InChI=1S/C11H10ClN3O2/c1-15-10(13)4-8(14-15)7-2-6(12)3-9-11(7)17-5-16-9/h2-4H,5,13H2,1H3. The van der Waals surface area contributed by atoms with E-state index in [4.69, 9.17) is 26.8 Å². The average molecular weight is 252 g/mol. The molecule has 1 aromatic carbocycles. The Labute approximate surface area is 103 Å². The summed E-state index contributed by atoms with van der Waals surface area (Å²) >= 11 is 6.02. The summed E-state index contributed by atoms with van der Waals surface area (Å²) in [6.07, 6.45) is 0. The summed E-state index contributed by atoms with van der Waals surface area (Å²) in [5.41, 5.74) is 7.26. The van der Waals surface area contributed by atoms with Gasteiger partial charge in [-0.15, -0.1) is 0 Å². The van der Waals surface area contributed by atoms with Gasteiger partial charge in [-0.3, -0.25) is 4.68 Å². The maximum Gasteiger partial charge on any atom is 0.231 e. The summed E-state index contributed by atoms with van der Waals surface area (Å²) in [6.45, 7) is 0.199. The Bertz CT molecular complexity index is 575. The number of rotatable bonds is 1. The van der Waals surface area contributed by atoms with Gasteiger partial charge >= 0.3 is 0 Å². The predicted molar refractivity (Wildman–Crippen MR) is 64.2 cm³/mol. The molecule has 1 aromatic heterocycles. The van der Waals surface area contributed by atoms with Crippen molar-refractivity contribution in [2.75, 3.05) is 12.5 Å². The minimum absolute atomic E-state index is 0.199. The first-order valence-electron chi connectivity index (χ1n) is 5.04. The van der Waals surface area contributed by atoms with E-state index in [-0.39, 0.29) is 6.79 Å². The molecule has 0 atom stereocenters. The lowest BCUT2D eigenvalue weighted by molar-refractivity contribution is 0.174. The van der Waals surface area contributed by atoms with E-state index in [1.165, 1.54) is 0 Å². The largest absolute Gasteiger partial charge is 0.454 e. The van der Waals surface area contributed by atoms with Gasteiger partial charge in [-0.2, -0.15) is 5.10 Å². The van der Waals surface area contributed by atoms with E-state index in [2.05, 4.69) is 5.10 Å². The van der Waals surface area contributed by atoms with Gasteiger partial charge in [-0.25, -0.2) is 0 Å². The summed E-state index contributed by atoms with van der Waals surface area (Å²) < 4.78 is 12.3. The quantitative estimate of drug-likeness (QED) is 0.843. The lowest BCUT2D eigenvalue weighted by Crippen LogP contribution is -1.96. The van der Waals surface area contributed by atoms with Crippen molar-refractivity contribution in [1.29, 1.82) is 0 Å². The molecule has 17 heavy (non-hydrogen) atoms. The second kappa shape index (κ2) is 3.56. The van der Waals surface area contributed by atoms with Crippen molar-refractivity contribution in [3.8, 4) is 22.8 Å². The van der Waals surface area contributed by atoms with Gasteiger partial charge in [-0.05, 0) is 6.07 Å². The van der Waals surface area contributed by atoms with Crippen LogP contribution in [0.4, 0.5) is 5.82 Å². The number of nitrogens with two attached hydrogens (primary N) is 1. The number of fused-ring (bicyclic) bond motifs is 1. The van der Waals surface area contributed by atoms with Crippen LogP contribution in [0.1, 0.15) is 0 Å². The Morgan fingerprint density at radius 2 is 2.18 bits per heavy atom. The van der Waals surface area contributed by atoms with Crippen LogP contribution in [-0.2, 0) is 7.05 Å². The van der Waals surface area contributed by atoms with E-state index in [1.807, 2.05) is 0 Å². The summed E-state index contributed by atoms with van der Waals surface area (Å²) in [5.74, 6) is 1.87. The lowest BCUT2D eigenvalue weighted by Gasteiger charge is -2.03. The van der Waals surface area contributed by atoms with Crippen molar-refractivity contribution in [2.45, 2.75) is 0 Å². The van der Waals surface area contributed by atoms with Crippen LogP contribution in [0.3, 0.4) is 0 Å². The average Bonchev–Trinajstić information content (AvgIpc) is 2.85. The van der Waals surface area contributed by atoms with Gasteiger partial charge in [-0.1, -0.05) is 11.6 Å². The van der Waals surface area contributed by atoms with Gasteiger partial charge in [0, 0.05) is 29.8 Å². The molecule has 0 saturated carbocycles. The number of aromatic nitrogens is 2. The van der Waals surface area contributed by atoms with Crippen LogP contribution < -0.4 is 15.2 Å². The van der Waals surface area contributed by atoms with Crippen LogP contribution >= 0.6 is 11.6 Å². The van der Waals surface area contributed by atoms with Gasteiger partial charge in [0.15, 0.2) is 11.5 Å². The second-order valence-corrected chi connectivity index (χ2v) is 4.20. The zero-order valence-electron chi connectivity index (χ0n) is 9.11. The van der Waals surface area contributed by atoms with Gasteiger partial charge in [0.2, 0.25) is 6.79 Å². The van der Waals surface area contributed by atoms with Crippen LogP contribution in [0, 0.1) is 0 Å². The van der Waals surface area contributed by atoms with Crippen molar-refractivity contribution in [1.82, 2.24) is 9.78 Å². The van der Waals surface area contributed by atoms with Crippen LogP contribution in [0.15, 0.2) is 18.2 Å². The van der Waals surface area contributed by atoms with Crippen LogP contribution in [-0.4, -0.2) is 16.6 Å². The normalized spacial score (nSPS) is 13.1. The van der Waals surface area contributed by atoms with E-state index < -0.39 is 0 Å². The maximum atomic E-state index is 6.02. The Morgan fingerprint density at radius 1 is 1.35 bits per heavy atom. The van der Waals surface area contributed by atoms with Gasteiger partial charge in [0.1, 0.15) is 5.82 Å². The number of nitrogens with zero attached hydrogens (tertiary/aromatic N) is 2. The summed E-state index contributed by atoms with van der Waals surface area (Å²) in [4.78, 5) is 0. The molecular weight excluding hydrogens is 242 g/mol. The molecule has 0 saturated heterocycles. The van der Waals surface area contributed by atoms with E-state index in [1.54, 1.807) is 29.9 Å². The third kappa shape index (κ3) is 1.59. The Hall–Kier alpha value is -1.88. The highest BCUT2D eigenvalue weighted by molar-refractivity contribution is 6.31. The summed E-state index contributed by atoms with van der Waals surface area (Å²) in [5, 5.41) is 4.87. The van der Waals surface area contributed by atoms with Crippen molar-refractivity contribution >= 4 is 17.4 Å². The third-order valence-corrected chi connectivity index (χ3v) is 2.85. The SMILES string of the molecule is Cn1nc(-c2cc(Cl)cc3c2OCO3)cc1N. The number of benzene rings is 1. The van der Waals surface area contributed by atoms with Crippen LogP contribution in [0.25, 0.3) is 11.3 Å². The highest BCUT2D eigenvalue weighted by atomic mass is 35.5. The molecule has 88 valence electrons. The Morgan fingerprint density at radius 3 is 2.88 bits per heavy atom. The first-order chi connectivity index (χ1) is 8.15. The molecule has 2 heterocycles. The molecule has 3 rings (SSSR count). The van der Waals surface area contributed by atoms with Crippen LogP contribution in [0.2, 0.25) is 5.02 Å². The van der Waals surface area contributed by atoms with Gasteiger partial charge < -0.3 is 15.2 Å². The summed E-state index contributed by atoms with van der Waals surface area (Å²) in [6, 6.07) is 5.28. The monoisotopic (exact) mass is 251 g/mol. The van der Waals surface area contributed by atoms with Crippen molar-refractivity contribution < 1.29 is 9.47 Å². The van der Waals surface area contributed by atoms with Crippen LogP contribution in [0.5, 0.6) is 11.5 Å². The van der Waals surface area contributed by atoms with Crippen molar-refractivity contribution in [2.24, 2.45) is 7.05 Å². The minimum Gasteiger partial charge on any atom is -0.454 e. The second-order valence-electron chi connectivity index (χ2n) is 3.77. The fourth-order valence-corrected chi connectivity index (χ4v) is 1.99. The molecule has 1 aliphatic heterocycles. The molecule has 6 heteroatoms. The number of halogens is 1. The van der Waals surface area contributed by atoms with Crippen molar-refractivity contribution in [3.05, 3.63) is 23.2 Å². The number of ether oxygens (including phenoxy) is 2. The molecule has 0 unspecified atom stereocenters. The van der Waals surface area contributed by atoms with E-state index >= 15 is 0 Å². The van der Waals surface area contributed by atoms with Crippen molar-refractivity contribution in [3.63, 3.8) is 0 Å². The molecular formula is C11H10ClN3O2. The third-order valence-electron chi connectivity index (χ3n) is 2.63. The first-order valence-corrected chi connectivity index (χ1v) is 5.42. The first kappa shape index (κ1) is 10.3. The zero-order valence-corrected chi connectivity index (χ0v) is 9.86. The lowest BCUT2D eigenvalue weighted by atomic mass is 10.1. The summed E-state index contributed by atoms with van der Waals surface area (Å²) in [7, 11) is 1.78. The highest BCUT2D eigenvalue weighted by Gasteiger charge is 2.21. The number of hydrogen-bond donors (Lipinski definition) is 1. The zero-order chi connectivity index (χ0) is 12.0. The fraction of sp³-hybridized carbons (Fsp3) is 0.182. The molecule has 0 amide bonds. The molecule has 0 radical (unpaired) electrons. The van der Waals surface area contributed by atoms with Gasteiger partial charge in [0.25, 0.3) is 0 Å². The topological polar surface area (TPSA) is 62.3 Å². The molecule has 0 fully saturated rings. The minimum atomic E-state index is 0.199. The molecule has 1 aliphatic rings. The molecule has 5 nitrogen and oxygen atoms in total. The number of aryl methyl sites for hydroxylation is 1. The molecule has 2 N–H and O–H groups in total. The Balaban J connectivity index is 2.20. The molecule has 2 aromatic rings.